The fraction of sp³-hybridized carbons (Fsp3) is 0.556. The minimum Gasteiger partial charge on any atom is -0.497 e. The van der Waals surface area contributed by atoms with Crippen LogP contribution in [-0.4, -0.2) is 17.3 Å². The van der Waals surface area contributed by atoms with Crippen LogP contribution in [0.5, 0.6) is 5.75 Å². The Kier molecular flexibility index (Phi) is 5.28. The van der Waals surface area contributed by atoms with Gasteiger partial charge in [0.05, 0.1) is 13.2 Å². The van der Waals surface area contributed by atoms with Gasteiger partial charge in [0.1, 0.15) is 5.75 Å². The molecule has 5 nitrogen and oxygen atoms in total. The van der Waals surface area contributed by atoms with Crippen molar-refractivity contribution < 1.29 is 9.26 Å². The van der Waals surface area contributed by atoms with E-state index in [0.717, 1.165) is 17.7 Å². The summed E-state index contributed by atoms with van der Waals surface area (Å²) in [7, 11) is 1.66. The van der Waals surface area contributed by atoms with Crippen molar-refractivity contribution in [1.29, 1.82) is 0 Å². The molecule has 1 aromatic carbocycles. The van der Waals surface area contributed by atoms with Crippen LogP contribution < -0.4 is 10.5 Å². The Hall–Kier alpha value is -1.88. The summed E-state index contributed by atoms with van der Waals surface area (Å²) in [6.45, 7) is 0. The van der Waals surface area contributed by atoms with E-state index < -0.39 is 0 Å². The van der Waals surface area contributed by atoms with E-state index >= 15 is 0 Å². The summed E-state index contributed by atoms with van der Waals surface area (Å²) in [5, 5.41) is 4.07. The third-order valence-electron chi connectivity index (χ3n) is 4.63. The van der Waals surface area contributed by atoms with Crippen molar-refractivity contribution in [2.75, 3.05) is 7.11 Å². The summed E-state index contributed by atoms with van der Waals surface area (Å²) < 4.78 is 10.5. The standard InChI is InChI=1S/C18H25N3O2/c1-22-15-9-7-14(8-10-15)12-17-20-18(23-21-17)16(19)11-13-5-3-2-4-6-13/h7-10,13,16H,2-6,11-12,19H2,1H3. The minimum absolute atomic E-state index is 0.143. The zero-order valence-corrected chi connectivity index (χ0v) is 13.7. The summed E-state index contributed by atoms with van der Waals surface area (Å²) in [5.74, 6) is 2.80. The Morgan fingerprint density at radius 3 is 2.65 bits per heavy atom. The van der Waals surface area contributed by atoms with Gasteiger partial charge in [-0.05, 0) is 30.0 Å². The lowest BCUT2D eigenvalue weighted by molar-refractivity contribution is 0.283. The molecule has 1 heterocycles. The first-order chi connectivity index (χ1) is 11.2. The van der Waals surface area contributed by atoms with E-state index in [0.29, 0.717) is 24.1 Å². The average molecular weight is 315 g/mol. The van der Waals surface area contributed by atoms with E-state index in [2.05, 4.69) is 10.1 Å². The first kappa shape index (κ1) is 16.0. The zero-order valence-electron chi connectivity index (χ0n) is 13.7. The fourth-order valence-electron chi connectivity index (χ4n) is 3.30. The third-order valence-corrected chi connectivity index (χ3v) is 4.63. The number of rotatable bonds is 6. The molecule has 3 rings (SSSR count). The minimum atomic E-state index is -0.143. The maximum atomic E-state index is 6.26. The quantitative estimate of drug-likeness (QED) is 0.881. The predicted octanol–water partition coefficient (Wildman–Crippen LogP) is 3.64. The molecule has 2 N–H and O–H groups in total. The van der Waals surface area contributed by atoms with Crippen molar-refractivity contribution in [2.45, 2.75) is 51.0 Å². The van der Waals surface area contributed by atoms with E-state index in [1.54, 1.807) is 7.11 Å². The number of benzene rings is 1. The predicted molar refractivity (Wildman–Crippen MR) is 88.2 cm³/mol. The Morgan fingerprint density at radius 1 is 1.22 bits per heavy atom. The highest BCUT2D eigenvalue weighted by molar-refractivity contribution is 5.28. The second-order valence-electron chi connectivity index (χ2n) is 6.42. The lowest BCUT2D eigenvalue weighted by atomic mass is 9.85. The molecule has 0 spiro atoms. The van der Waals surface area contributed by atoms with E-state index in [-0.39, 0.29) is 6.04 Å². The summed E-state index contributed by atoms with van der Waals surface area (Å²) in [5.41, 5.74) is 7.38. The number of hydrogen-bond acceptors (Lipinski definition) is 5. The van der Waals surface area contributed by atoms with Gasteiger partial charge >= 0.3 is 0 Å². The maximum absolute atomic E-state index is 6.26. The molecule has 1 aliphatic carbocycles. The molecule has 0 radical (unpaired) electrons. The van der Waals surface area contributed by atoms with Crippen molar-refractivity contribution in [3.8, 4) is 5.75 Å². The molecule has 0 amide bonds. The van der Waals surface area contributed by atoms with Crippen LogP contribution in [0.2, 0.25) is 0 Å². The first-order valence-electron chi connectivity index (χ1n) is 8.45. The Balaban J connectivity index is 1.57. The number of hydrogen-bond donors (Lipinski definition) is 1. The number of aromatic nitrogens is 2. The Bertz CT molecular complexity index is 603. The van der Waals surface area contributed by atoms with Gasteiger partial charge in [-0.2, -0.15) is 4.98 Å². The molecule has 1 fully saturated rings. The molecule has 124 valence electrons. The lowest BCUT2D eigenvalue weighted by Crippen LogP contribution is -2.17. The third kappa shape index (κ3) is 4.32. The van der Waals surface area contributed by atoms with Crippen molar-refractivity contribution in [2.24, 2.45) is 11.7 Å². The molecule has 1 aliphatic rings. The summed E-state index contributed by atoms with van der Waals surface area (Å²) in [6.07, 6.45) is 8.15. The Labute approximate surface area is 137 Å². The monoisotopic (exact) mass is 315 g/mol. The van der Waals surface area contributed by atoms with Gasteiger partial charge in [-0.15, -0.1) is 0 Å². The van der Waals surface area contributed by atoms with Crippen LogP contribution >= 0.6 is 0 Å². The molecule has 0 saturated heterocycles. The highest BCUT2D eigenvalue weighted by Gasteiger charge is 2.21. The average Bonchev–Trinajstić information content (AvgIpc) is 3.05. The van der Waals surface area contributed by atoms with E-state index in [4.69, 9.17) is 15.0 Å². The molecular weight excluding hydrogens is 290 g/mol. The molecule has 1 aromatic heterocycles. The van der Waals surface area contributed by atoms with Gasteiger partial charge in [-0.3, -0.25) is 0 Å². The van der Waals surface area contributed by atoms with Crippen LogP contribution in [0.25, 0.3) is 0 Å². The van der Waals surface area contributed by atoms with E-state index in [1.165, 1.54) is 32.1 Å². The number of nitrogens with zero attached hydrogens (tertiary/aromatic N) is 2. The smallest absolute Gasteiger partial charge is 0.243 e. The van der Waals surface area contributed by atoms with Gasteiger partial charge in [-0.1, -0.05) is 49.4 Å². The molecule has 0 bridgehead atoms. The summed E-state index contributed by atoms with van der Waals surface area (Å²) in [4.78, 5) is 4.48. The molecule has 1 unspecified atom stereocenters. The second kappa shape index (κ2) is 7.59. The van der Waals surface area contributed by atoms with Gasteiger partial charge < -0.3 is 15.0 Å². The molecular formula is C18H25N3O2. The second-order valence-corrected chi connectivity index (χ2v) is 6.42. The van der Waals surface area contributed by atoms with Crippen molar-refractivity contribution >= 4 is 0 Å². The van der Waals surface area contributed by atoms with Crippen molar-refractivity contribution in [1.82, 2.24) is 10.1 Å². The maximum Gasteiger partial charge on any atom is 0.243 e. The molecule has 5 heteroatoms. The van der Waals surface area contributed by atoms with Gasteiger partial charge in [0.2, 0.25) is 5.89 Å². The largest absolute Gasteiger partial charge is 0.497 e. The fourth-order valence-corrected chi connectivity index (χ4v) is 3.30. The van der Waals surface area contributed by atoms with Crippen LogP contribution in [0, 0.1) is 5.92 Å². The molecule has 2 aromatic rings. The Morgan fingerprint density at radius 2 is 1.96 bits per heavy atom. The number of ether oxygens (including phenoxy) is 1. The molecule has 0 aliphatic heterocycles. The SMILES string of the molecule is COc1ccc(Cc2noc(C(N)CC3CCCCC3)n2)cc1. The van der Waals surface area contributed by atoms with Gasteiger partial charge in [0, 0.05) is 6.42 Å². The van der Waals surface area contributed by atoms with Crippen LogP contribution in [0.4, 0.5) is 0 Å². The van der Waals surface area contributed by atoms with Crippen LogP contribution in [0.15, 0.2) is 28.8 Å². The highest BCUT2D eigenvalue weighted by Crippen LogP contribution is 2.30. The number of nitrogens with two attached hydrogens (primary N) is 1. The zero-order chi connectivity index (χ0) is 16.1. The summed E-state index contributed by atoms with van der Waals surface area (Å²) >= 11 is 0. The molecule has 1 atom stereocenters. The summed E-state index contributed by atoms with van der Waals surface area (Å²) in [6, 6.07) is 7.75. The van der Waals surface area contributed by atoms with Crippen molar-refractivity contribution in [3.63, 3.8) is 0 Å². The van der Waals surface area contributed by atoms with Crippen LogP contribution in [-0.2, 0) is 6.42 Å². The topological polar surface area (TPSA) is 74.2 Å². The van der Waals surface area contributed by atoms with E-state index in [1.807, 2.05) is 24.3 Å². The first-order valence-corrected chi connectivity index (χ1v) is 8.45. The van der Waals surface area contributed by atoms with E-state index in [9.17, 15) is 0 Å². The van der Waals surface area contributed by atoms with Crippen LogP contribution in [0.3, 0.4) is 0 Å². The van der Waals surface area contributed by atoms with Gasteiger partial charge in [0.25, 0.3) is 0 Å². The van der Waals surface area contributed by atoms with Crippen molar-refractivity contribution in [3.05, 3.63) is 41.5 Å². The molecule has 23 heavy (non-hydrogen) atoms. The van der Waals surface area contributed by atoms with Crippen LogP contribution in [0.1, 0.15) is 61.8 Å². The molecule has 1 saturated carbocycles. The normalized spacial score (nSPS) is 17.1. The highest BCUT2D eigenvalue weighted by atomic mass is 16.5. The van der Waals surface area contributed by atoms with Gasteiger partial charge in [0.15, 0.2) is 5.82 Å². The van der Waals surface area contributed by atoms with Gasteiger partial charge in [-0.25, -0.2) is 0 Å². The number of methoxy groups -OCH3 is 1. The lowest BCUT2D eigenvalue weighted by Gasteiger charge is -2.22.